The summed E-state index contributed by atoms with van der Waals surface area (Å²) in [6.07, 6.45) is 4.48. The maximum atomic E-state index is 12.4. The standard InChI is InChI=1S/C16H22N2O2.ClH/c17-16(9-4-5-10-16)15(19)18-13-8-11-20-14(13)12-6-2-1-3-7-12;/h1-3,6-7,13-14H,4-5,8-11,17H2,(H,18,19);1H. The lowest BCUT2D eigenvalue weighted by Gasteiger charge is -2.27. The molecule has 1 amide bonds. The van der Waals surface area contributed by atoms with Crippen LogP contribution < -0.4 is 11.1 Å². The number of nitrogens with two attached hydrogens (primary N) is 1. The van der Waals surface area contributed by atoms with Gasteiger partial charge in [0.15, 0.2) is 0 Å². The first kappa shape index (κ1) is 16.3. The molecule has 1 saturated heterocycles. The highest BCUT2D eigenvalue weighted by Crippen LogP contribution is 2.31. The van der Waals surface area contributed by atoms with E-state index in [0.29, 0.717) is 6.61 Å². The van der Waals surface area contributed by atoms with Gasteiger partial charge in [-0.1, -0.05) is 43.2 Å². The van der Waals surface area contributed by atoms with E-state index in [-0.39, 0.29) is 30.5 Å². The first-order valence-electron chi connectivity index (χ1n) is 7.45. The van der Waals surface area contributed by atoms with E-state index in [2.05, 4.69) is 5.32 Å². The summed E-state index contributed by atoms with van der Waals surface area (Å²) < 4.78 is 5.79. The normalized spacial score (nSPS) is 27.1. The average Bonchev–Trinajstić information content (AvgIpc) is 3.10. The molecule has 3 rings (SSSR count). The number of carbonyl (C=O) groups is 1. The Hall–Kier alpha value is -1.10. The molecule has 21 heavy (non-hydrogen) atoms. The number of halogens is 1. The molecule has 2 aliphatic rings. The highest BCUT2D eigenvalue weighted by molar-refractivity contribution is 5.86. The Kier molecular flexibility index (Phi) is 5.25. The lowest BCUT2D eigenvalue weighted by molar-refractivity contribution is -0.127. The molecular weight excluding hydrogens is 288 g/mol. The molecule has 3 N–H and O–H groups in total. The van der Waals surface area contributed by atoms with Gasteiger partial charge in [0.05, 0.1) is 11.6 Å². The fraction of sp³-hybridized carbons (Fsp3) is 0.562. The van der Waals surface area contributed by atoms with E-state index in [0.717, 1.165) is 37.7 Å². The van der Waals surface area contributed by atoms with E-state index < -0.39 is 5.54 Å². The minimum absolute atomic E-state index is 0. The second-order valence-corrected chi connectivity index (χ2v) is 5.93. The highest BCUT2D eigenvalue weighted by atomic mass is 35.5. The molecular formula is C16H23ClN2O2. The Morgan fingerprint density at radius 1 is 1.24 bits per heavy atom. The summed E-state index contributed by atoms with van der Waals surface area (Å²) in [5.74, 6) is -0.00793. The lowest BCUT2D eigenvalue weighted by Crippen LogP contribution is -2.54. The van der Waals surface area contributed by atoms with Crippen LogP contribution in [0.15, 0.2) is 30.3 Å². The number of amides is 1. The van der Waals surface area contributed by atoms with Gasteiger partial charge < -0.3 is 15.8 Å². The van der Waals surface area contributed by atoms with Crippen LogP contribution in [0.3, 0.4) is 0 Å². The number of ether oxygens (including phenoxy) is 1. The van der Waals surface area contributed by atoms with Gasteiger partial charge in [-0.05, 0) is 24.8 Å². The van der Waals surface area contributed by atoms with Crippen molar-refractivity contribution in [2.75, 3.05) is 6.61 Å². The molecule has 2 atom stereocenters. The molecule has 0 bridgehead atoms. The molecule has 1 saturated carbocycles. The van der Waals surface area contributed by atoms with Crippen LogP contribution in [0, 0.1) is 0 Å². The summed E-state index contributed by atoms with van der Waals surface area (Å²) in [4.78, 5) is 12.4. The monoisotopic (exact) mass is 310 g/mol. The van der Waals surface area contributed by atoms with Crippen molar-refractivity contribution < 1.29 is 9.53 Å². The summed E-state index contributed by atoms with van der Waals surface area (Å²) in [5, 5.41) is 3.12. The lowest BCUT2D eigenvalue weighted by atomic mass is 9.96. The quantitative estimate of drug-likeness (QED) is 0.900. The van der Waals surface area contributed by atoms with Crippen molar-refractivity contribution in [3.8, 4) is 0 Å². The highest BCUT2D eigenvalue weighted by Gasteiger charge is 2.40. The minimum atomic E-state index is -0.663. The summed E-state index contributed by atoms with van der Waals surface area (Å²) in [7, 11) is 0. The zero-order chi connectivity index (χ0) is 14.0. The summed E-state index contributed by atoms with van der Waals surface area (Å²) in [6, 6.07) is 10.1. The van der Waals surface area contributed by atoms with Crippen LogP contribution >= 0.6 is 12.4 Å². The van der Waals surface area contributed by atoms with E-state index in [4.69, 9.17) is 10.5 Å². The second kappa shape index (κ2) is 6.77. The van der Waals surface area contributed by atoms with Crippen LogP contribution in [0.1, 0.15) is 43.8 Å². The molecule has 1 heterocycles. The van der Waals surface area contributed by atoms with Crippen molar-refractivity contribution in [3.63, 3.8) is 0 Å². The molecule has 1 aromatic rings. The van der Waals surface area contributed by atoms with Gasteiger partial charge >= 0.3 is 0 Å². The molecule has 0 aromatic heterocycles. The second-order valence-electron chi connectivity index (χ2n) is 5.93. The van der Waals surface area contributed by atoms with E-state index >= 15 is 0 Å². The SMILES string of the molecule is Cl.NC1(C(=O)NC2CCOC2c2ccccc2)CCCC1. The molecule has 2 fully saturated rings. The Balaban J connectivity index is 0.00000161. The third-order valence-corrected chi connectivity index (χ3v) is 4.48. The predicted octanol–water partition coefficient (Wildman–Crippen LogP) is 2.33. The topological polar surface area (TPSA) is 64.4 Å². The molecule has 4 nitrogen and oxygen atoms in total. The molecule has 1 aromatic carbocycles. The van der Waals surface area contributed by atoms with Gasteiger partial charge in [0.25, 0.3) is 0 Å². The molecule has 0 spiro atoms. The van der Waals surface area contributed by atoms with Gasteiger partial charge in [-0.3, -0.25) is 4.79 Å². The molecule has 116 valence electrons. The van der Waals surface area contributed by atoms with Crippen molar-refractivity contribution in [1.82, 2.24) is 5.32 Å². The van der Waals surface area contributed by atoms with Gasteiger partial charge in [0.1, 0.15) is 6.10 Å². The molecule has 1 aliphatic heterocycles. The van der Waals surface area contributed by atoms with Gasteiger partial charge in [0.2, 0.25) is 5.91 Å². The zero-order valence-corrected chi connectivity index (χ0v) is 12.9. The van der Waals surface area contributed by atoms with Crippen molar-refractivity contribution in [3.05, 3.63) is 35.9 Å². The van der Waals surface area contributed by atoms with Gasteiger partial charge in [-0.2, -0.15) is 0 Å². The number of rotatable bonds is 3. The molecule has 5 heteroatoms. The summed E-state index contributed by atoms with van der Waals surface area (Å²) >= 11 is 0. The van der Waals surface area contributed by atoms with Crippen LogP contribution in [0.5, 0.6) is 0 Å². The largest absolute Gasteiger partial charge is 0.371 e. The number of carbonyl (C=O) groups excluding carboxylic acids is 1. The van der Waals surface area contributed by atoms with Gasteiger partial charge in [-0.25, -0.2) is 0 Å². The maximum Gasteiger partial charge on any atom is 0.240 e. The summed E-state index contributed by atoms with van der Waals surface area (Å²) in [6.45, 7) is 0.683. The Labute approximate surface area is 131 Å². The number of nitrogens with one attached hydrogen (secondary N) is 1. The first-order valence-corrected chi connectivity index (χ1v) is 7.45. The molecule has 1 aliphatic carbocycles. The number of hydrogen-bond donors (Lipinski definition) is 2. The predicted molar refractivity (Wildman–Crippen MR) is 84.3 cm³/mol. The first-order chi connectivity index (χ1) is 9.69. The third-order valence-electron chi connectivity index (χ3n) is 4.48. The third kappa shape index (κ3) is 3.39. The van der Waals surface area contributed by atoms with Gasteiger partial charge in [0, 0.05) is 6.61 Å². The Bertz CT molecular complexity index is 474. The molecule has 2 unspecified atom stereocenters. The zero-order valence-electron chi connectivity index (χ0n) is 12.1. The van der Waals surface area contributed by atoms with Crippen LogP contribution in [-0.2, 0) is 9.53 Å². The van der Waals surface area contributed by atoms with Gasteiger partial charge in [-0.15, -0.1) is 12.4 Å². The smallest absolute Gasteiger partial charge is 0.240 e. The fourth-order valence-electron chi connectivity index (χ4n) is 3.25. The van der Waals surface area contributed by atoms with E-state index in [1.165, 1.54) is 0 Å². The van der Waals surface area contributed by atoms with Crippen LogP contribution in [0.4, 0.5) is 0 Å². The Morgan fingerprint density at radius 3 is 2.57 bits per heavy atom. The fourth-order valence-corrected chi connectivity index (χ4v) is 3.25. The average molecular weight is 311 g/mol. The van der Waals surface area contributed by atoms with Crippen LogP contribution in [0.2, 0.25) is 0 Å². The van der Waals surface area contributed by atoms with Crippen molar-refractivity contribution in [2.24, 2.45) is 5.73 Å². The number of benzene rings is 1. The van der Waals surface area contributed by atoms with Crippen molar-refractivity contribution in [2.45, 2.75) is 49.8 Å². The number of hydrogen-bond acceptors (Lipinski definition) is 3. The van der Waals surface area contributed by atoms with Crippen molar-refractivity contribution >= 4 is 18.3 Å². The van der Waals surface area contributed by atoms with E-state index in [1.807, 2.05) is 30.3 Å². The van der Waals surface area contributed by atoms with Crippen LogP contribution in [-0.4, -0.2) is 24.1 Å². The Morgan fingerprint density at radius 2 is 1.90 bits per heavy atom. The summed E-state index contributed by atoms with van der Waals surface area (Å²) in [5.41, 5.74) is 6.67. The van der Waals surface area contributed by atoms with Crippen molar-refractivity contribution in [1.29, 1.82) is 0 Å². The van der Waals surface area contributed by atoms with E-state index in [9.17, 15) is 4.79 Å². The maximum absolute atomic E-state index is 12.4. The van der Waals surface area contributed by atoms with Crippen LogP contribution in [0.25, 0.3) is 0 Å². The minimum Gasteiger partial charge on any atom is -0.371 e. The molecule has 0 radical (unpaired) electrons. The van der Waals surface area contributed by atoms with E-state index in [1.54, 1.807) is 0 Å².